The third kappa shape index (κ3) is 22.8. The summed E-state index contributed by atoms with van der Waals surface area (Å²) in [5.41, 5.74) is 0. The summed E-state index contributed by atoms with van der Waals surface area (Å²) in [6.07, 6.45) is 2.19. The molecule has 0 aromatic rings. The first-order valence-corrected chi connectivity index (χ1v) is 6.68. The number of rotatable bonds is 2. The predicted octanol–water partition coefficient (Wildman–Crippen LogP) is 0.349. The van der Waals surface area contributed by atoms with Crippen molar-refractivity contribution in [2.75, 3.05) is 12.5 Å². The van der Waals surface area contributed by atoms with Crippen LogP contribution >= 0.6 is 0 Å². The Hall–Kier alpha value is -0.620. The van der Waals surface area contributed by atoms with Crippen LogP contribution in [0.1, 0.15) is 0 Å². The molecule has 0 bridgehead atoms. The molecule has 0 saturated heterocycles. The molecule has 0 aliphatic heterocycles. The van der Waals surface area contributed by atoms with Gasteiger partial charge < -0.3 is 0 Å². The Bertz CT molecular complexity index is 275. The lowest BCUT2D eigenvalue weighted by molar-refractivity contribution is 0.608. The van der Waals surface area contributed by atoms with Gasteiger partial charge in [-0.1, -0.05) is 13.2 Å². The van der Waals surface area contributed by atoms with Gasteiger partial charge in [0.05, 0.1) is 0 Å². The van der Waals surface area contributed by atoms with Crippen molar-refractivity contribution in [3.05, 3.63) is 24.0 Å². The van der Waals surface area contributed by atoms with Crippen molar-refractivity contribution < 1.29 is 16.8 Å². The normalized spacial score (nSPS) is 10.8. The molecule has 0 aromatic carbocycles. The molecule has 0 N–H and O–H groups in total. The van der Waals surface area contributed by atoms with Gasteiger partial charge in [0.15, 0.2) is 19.7 Å². The van der Waals surface area contributed by atoms with Crippen LogP contribution in [0.5, 0.6) is 0 Å². The number of hydrogen-bond acceptors (Lipinski definition) is 4. The Balaban J connectivity index is 0. The van der Waals surface area contributed by atoms with E-state index in [0.717, 1.165) is 23.3 Å². The van der Waals surface area contributed by atoms with E-state index in [1.54, 1.807) is 0 Å². The minimum atomic E-state index is -2.90. The summed E-state index contributed by atoms with van der Waals surface area (Å²) in [7, 11) is -5.80. The first-order valence-electron chi connectivity index (χ1n) is 2.77. The van der Waals surface area contributed by atoms with Crippen molar-refractivity contribution >= 4 is 19.7 Å². The fourth-order valence-electron chi connectivity index (χ4n) is 0. The van der Waals surface area contributed by atoms with Crippen molar-refractivity contribution in [2.24, 2.45) is 0 Å². The third-order valence-corrected chi connectivity index (χ3v) is 1.82. The zero-order chi connectivity index (χ0) is 10.4. The summed E-state index contributed by atoms with van der Waals surface area (Å²) in [4.78, 5) is 0. The molecule has 4 nitrogen and oxygen atoms in total. The average Bonchev–Trinajstić information content (AvgIpc) is 1.86. The SMILES string of the molecule is C=CS(C)(=O)=O.C=CS(C)(=O)=O. The highest BCUT2D eigenvalue weighted by Crippen LogP contribution is 1.77. The first-order chi connectivity index (χ1) is 5.12. The summed E-state index contributed by atoms with van der Waals surface area (Å²) >= 11 is 0. The van der Waals surface area contributed by atoms with E-state index in [1.807, 2.05) is 0 Å². The van der Waals surface area contributed by atoms with Gasteiger partial charge in [-0.15, -0.1) is 0 Å². The molecule has 0 spiro atoms. The van der Waals surface area contributed by atoms with Crippen LogP contribution < -0.4 is 0 Å². The fraction of sp³-hybridized carbons (Fsp3) is 0.333. The van der Waals surface area contributed by atoms with E-state index in [1.165, 1.54) is 0 Å². The molecule has 0 fully saturated rings. The van der Waals surface area contributed by atoms with Gasteiger partial charge in [0.25, 0.3) is 0 Å². The Morgan fingerprint density at radius 1 is 0.833 bits per heavy atom. The zero-order valence-corrected chi connectivity index (χ0v) is 8.65. The van der Waals surface area contributed by atoms with Gasteiger partial charge in [0.2, 0.25) is 0 Å². The topological polar surface area (TPSA) is 68.3 Å². The molecule has 0 aromatic heterocycles. The van der Waals surface area contributed by atoms with Gasteiger partial charge in [-0.05, 0) is 0 Å². The molecule has 72 valence electrons. The molecular formula is C6H12O4S2. The second kappa shape index (κ2) is 5.10. The second-order valence-electron chi connectivity index (χ2n) is 1.99. The van der Waals surface area contributed by atoms with Crippen molar-refractivity contribution in [3.8, 4) is 0 Å². The molecule has 0 rings (SSSR count). The summed E-state index contributed by atoms with van der Waals surface area (Å²) in [6.45, 7) is 6.09. The van der Waals surface area contributed by atoms with Gasteiger partial charge in [0, 0.05) is 23.3 Å². The van der Waals surface area contributed by atoms with Gasteiger partial charge in [-0.2, -0.15) is 0 Å². The van der Waals surface area contributed by atoms with Crippen molar-refractivity contribution in [1.82, 2.24) is 0 Å². The summed E-state index contributed by atoms with van der Waals surface area (Å²) < 4.78 is 39.5. The van der Waals surface area contributed by atoms with Crippen LogP contribution in [0.2, 0.25) is 0 Å². The van der Waals surface area contributed by atoms with Crippen molar-refractivity contribution in [2.45, 2.75) is 0 Å². The standard InChI is InChI=1S/2C3H6O2S/c2*1-3-6(2,4)5/h2*3H,1H2,2H3. The zero-order valence-electron chi connectivity index (χ0n) is 7.02. The maximum atomic E-state index is 9.88. The van der Waals surface area contributed by atoms with E-state index in [0.29, 0.717) is 0 Å². The lowest BCUT2D eigenvalue weighted by Gasteiger charge is -1.74. The molecule has 0 heterocycles. The van der Waals surface area contributed by atoms with E-state index in [-0.39, 0.29) is 0 Å². The van der Waals surface area contributed by atoms with Crippen LogP contribution in [0.3, 0.4) is 0 Å². The summed E-state index contributed by atoms with van der Waals surface area (Å²) in [6, 6.07) is 0. The average molecular weight is 212 g/mol. The smallest absolute Gasteiger partial charge is 0.168 e. The molecular weight excluding hydrogens is 200 g/mol. The molecule has 0 amide bonds. The highest BCUT2D eigenvalue weighted by atomic mass is 32.2. The minimum Gasteiger partial charge on any atom is -0.225 e. The molecule has 6 heteroatoms. The van der Waals surface area contributed by atoms with Crippen LogP contribution in [0, 0.1) is 0 Å². The van der Waals surface area contributed by atoms with Crippen LogP contribution in [0.15, 0.2) is 24.0 Å². The quantitative estimate of drug-likeness (QED) is 0.662. The van der Waals surface area contributed by atoms with Gasteiger partial charge in [-0.3, -0.25) is 0 Å². The molecule has 0 saturated carbocycles. The molecule has 0 atom stereocenters. The second-order valence-corrected chi connectivity index (χ2v) is 5.98. The largest absolute Gasteiger partial charge is 0.225 e. The molecule has 0 aliphatic carbocycles. The minimum absolute atomic E-state index is 0.910. The lowest BCUT2D eigenvalue weighted by Crippen LogP contribution is -1.84. The highest BCUT2D eigenvalue weighted by Gasteiger charge is 1.85. The van der Waals surface area contributed by atoms with Crippen molar-refractivity contribution in [1.29, 1.82) is 0 Å². The lowest BCUT2D eigenvalue weighted by atomic mass is 11.3. The molecule has 0 unspecified atom stereocenters. The summed E-state index contributed by atoms with van der Waals surface area (Å²) in [5, 5.41) is 1.82. The van der Waals surface area contributed by atoms with Gasteiger partial charge >= 0.3 is 0 Å². The van der Waals surface area contributed by atoms with E-state index in [4.69, 9.17) is 0 Å². The number of sulfone groups is 2. The van der Waals surface area contributed by atoms with E-state index in [9.17, 15) is 16.8 Å². The molecule has 0 aliphatic rings. The Labute approximate surface area is 73.4 Å². The Morgan fingerprint density at radius 3 is 0.917 bits per heavy atom. The van der Waals surface area contributed by atoms with E-state index in [2.05, 4.69) is 13.2 Å². The van der Waals surface area contributed by atoms with Gasteiger partial charge in [0.1, 0.15) is 0 Å². The Kier molecular flexibility index (Phi) is 5.92. The molecule has 12 heavy (non-hydrogen) atoms. The Morgan fingerprint density at radius 2 is 0.917 bits per heavy atom. The predicted molar refractivity (Wildman–Crippen MR) is 50.1 cm³/mol. The maximum Gasteiger partial charge on any atom is 0.168 e. The molecule has 0 radical (unpaired) electrons. The van der Waals surface area contributed by atoms with Crippen LogP contribution in [0.4, 0.5) is 0 Å². The van der Waals surface area contributed by atoms with Gasteiger partial charge in [-0.25, -0.2) is 16.8 Å². The van der Waals surface area contributed by atoms with E-state index >= 15 is 0 Å². The van der Waals surface area contributed by atoms with Crippen LogP contribution in [-0.4, -0.2) is 29.3 Å². The highest BCUT2D eigenvalue weighted by molar-refractivity contribution is 7.93. The monoisotopic (exact) mass is 212 g/mol. The van der Waals surface area contributed by atoms with Crippen LogP contribution in [0.25, 0.3) is 0 Å². The first kappa shape index (κ1) is 13.9. The van der Waals surface area contributed by atoms with E-state index < -0.39 is 19.7 Å². The third-order valence-electron chi connectivity index (χ3n) is 0.605. The maximum absolute atomic E-state index is 9.88. The van der Waals surface area contributed by atoms with Crippen molar-refractivity contribution in [3.63, 3.8) is 0 Å². The fourth-order valence-corrected chi connectivity index (χ4v) is 0. The number of hydrogen-bond donors (Lipinski definition) is 0. The summed E-state index contributed by atoms with van der Waals surface area (Å²) in [5.74, 6) is 0. The van der Waals surface area contributed by atoms with Crippen LogP contribution in [-0.2, 0) is 19.7 Å².